The van der Waals surface area contributed by atoms with Crippen LogP contribution in [0, 0.1) is 0 Å². The maximum absolute atomic E-state index is 15.1. The molecule has 0 saturated heterocycles. The third-order valence-electron chi connectivity index (χ3n) is 5.88. The standard InChI is InChI=1S/C28H25F3N2O2/c1-27(30,31)28(18-29,19-2-10-23(11-3-19)34-25-14-6-21(32)7-15-25)20-4-12-24(13-5-20)35-26-16-8-22(33)9-17-26/h2-17H,18,32-33H2,1H3. The van der Waals surface area contributed by atoms with Crippen LogP contribution in [0.5, 0.6) is 23.0 Å². The van der Waals surface area contributed by atoms with Gasteiger partial charge >= 0.3 is 0 Å². The van der Waals surface area contributed by atoms with Gasteiger partial charge in [-0.1, -0.05) is 24.3 Å². The number of benzene rings is 4. The first-order chi connectivity index (χ1) is 16.7. The molecule has 35 heavy (non-hydrogen) atoms. The highest BCUT2D eigenvalue weighted by Crippen LogP contribution is 2.46. The first-order valence-electron chi connectivity index (χ1n) is 10.9. The fraction of sp³-hybridized carbons (Fsp3) is 0.143. The highest BCUT2D eigenvalue weighted by atomic mass is 19.3. The van der Waals surface area contributed by atoms with E-state index >= 15 is 8.78 Å². The van der Waals surface area contributed by atoms with E-state index in [0.717, 1.165) is 6.92 Å². The molecule has 180 valence electrons. The second-order valence-corrected chi connectivity index (χ2v) is 8.32. The third kappa shape index (κ3) is 5.04. The summed E-state index contributed by atoms with van der Waals surface area (Å²) in [6.07, 6.45) is 0. The van der Waals surface area contributed by atoms with Crippen LogP contribution in [0.1, 0.15) is 18.1 Å². The average molecular weight is 479 g/mol. The SMILES string of the molecule is CC(F)(F)C(CF)(c1ccc(Oc2ccc(N)cc2)cc1)c1ccc(Oc2ccc(N)cc2)cc1. The Labute approximate surface area is 201 Å². The van der Waals surface area contributed by atoms with Crippen molar-refractivity contribution in [2.24, 2.45) is 0 Å². The lowest BCUT2D eigenvalue weighted by Crippen LogP contribution is -2.46. The normalized spacial score (nSPS) is 11.8. The van der Waals surface area contributed by atoms with Crippen molar-refractivity contribution in [2.75, 3.05) is 18.1 Å². The number of ether oxygens (including phenoxy) is 2. The summed E-state index contributed by atoms with van der Waals surface area (Å²) in [5.41, 5.74) is 10.6. The smallest absolute Gasteiger partial charge is 0.261 e. The van der Waals surface area contributed by atoms with Gasteiger partial charge in [-0.25, -0.2) is 13.2 Å². The van der Waals surface area contributed by atoms with E-state index in [9.17, 15) is 4.39 Å². The zero-order valence-electron chi connectivity index (χ0n) is 19.0. The second kappa shape index (κ2) is 9.62. The highest BCUT2D eigenvalue weighted by molar-refractivity contribution is 5.48. The van der Waals surface area contributed by atoms with Crippen LogP contribution >= 0.6 is 0 Å². The van der Waals surface area contributed by atoms with Crippen LogP contribution in [0.4, 0.5) is 24.5 Å². The van der Waals surface area contributed by atoms with Gasteiger partial charge < -0.3 is 20.9 Å². The maximum Gasteiger partial charge on any atom is 0.261 e. The van der Waals surface area contributed by atoms with Gasteiger partial charge in [-0.05, 0) is 83.9 Å². The molecule has 0 aliphatic heterocycles. The minimum atomic E-state index is -3.40. The Balaban J connectivity index is 1.63. The van der Waals surface area contributed by atoms with Crippen LogP contribution < -0.4 is 20.9 Å². The largest absolute Gasteiger partial charge is 0.457 e. The van der Waals surface area contributed by atoms with Crippen LogP contribution in [0.3, 0.4) is 0 Å². The van der Waals surface area contributed by atoms with Crippen molar-refractivity contribution >= 4 is 11.4 Å². The molecular formula is C28H25F3N2O2. The molecule has 4 aromatic carbocycles. The topological polar surface area (TPSA) is 70.5 Å². The van der Waals surface area contributed by atoms with Gasteiger partial charge in [0.05, 0.1) is 0 Å². The predicted octanol–water partition coefficient (Wildman–Crippen LogP) is 7.35. The van der Waals surface area contributed by atoms with Crippen molar-refractivity contribution in [1.29, 1.82) is 0 Å². The summed E-state index contributed by atoms with van der Waals surface area (Å²) in [6.45, 7) is -0.572. The van der Waals surface area contributed by atoms with E-state index in [0.29, 0.717) is 34.4 Å². The molecule has 0 saturated carbocycles. The van der Waals surface area contributed by atoms with Crippen LogP contribution in [0.25, 0.3) is 0 Å². The molecule has 0 amide bonds. The number of rotatable bonds is 8. The van der Waals surface area contributed by atoms with Gasteiger partial charge in [0.15, 0.2) is 0 Å². The van der Waals surface area contributed by atoms with E-state index in [2.05, 4.69) is 0 Å². The van der Waals surface area contributed by atoms with E-state index in [1.807, 2.05) is 0 Å². The number of alkyl halides is 3. The third-order valence-corrected chi connectivity index (χ3v) is 5.88. The van der Waals surface area contributed by atoms with E-state index in [1.165, 1.54) is 24.3 Å². The average Bonchev–Trinajstić information content (AvgIpc) is 2.84. The molecule has 0 spiro atoms. The predicted molar refractivity (Wildman–Crippen MR) is 132 cm³/mol. The van der Waals surface area contributed by atoms with Crippen LogP contribution in [0.2, 0.25) is 0 Å². The minimum Gasteiger partial charge on any atom is -0.457 e. The highest BCUT2D eigenvalue weighted by Gasteiger charge is 2.53. The molecule has 0 unspecified atom stereocenters. The number of hydrogen-bond donors (Lipinski definition) is 2. The quantitative estimate of drug-likeness (QED) is 0.260. The molecule has 0 aliphatic carbocycles. The summed E-state index contributed by atoms with van der Waals surface area (Å²) in [6, 6.07) is 25.6. The van der Waals surface area contributed by atoms with Gasteiger partial charge in [0.1, 0.15) is 35.1 Å². The summed E-state index contributed by atoms with van der Waals surface area (Å²) >= 11 is 0. The van der Waals surface area contributed by atoms with Gasteiger partial charge in [0.2, 0.25) is 0 Å². The van der Waals surface area contributed by atoms with Gasteiger partial charge in [0.25, 0.3) is 5.92 Å². The van der Waals surface area contributed by atoms with Crippen molar-refractivity contribution in [3.63, 3.8) is 0 Å². The van der Waals surface area contributed by atoms with E-state index in [-0.39, 0.29) is 11.1 Å². The Morgan fingerprint density at radius 3 is 1.11 bits per heavy atom. The summed E-state index contributed by atoms with van der Waals surface area (Å²) in [4.78, 5) is 0. The molecule has 0 atom stereocenters. The summed E-state index contributed by atoms with van der Waals surface area (Å²) < 4.78 is 56.2. The van der Waals surface area contributed by atoms with Gasteiger partial charge in [0, 0.05) is 18.3 Å². The molecule has 0 aliphatic rings. The number of halogens is 3. The zero-order valence-corrected chi connectivity index (χ0v) is 19.0. The van der Waals surface area contributed by atoms with Crippen molar-refractivity contribution < 1.29 is 22.6 Å². The fourth-order valence-corrected chi connectivity index (χ4v) is 3.90. The molecule has 0 heterocycles. The lowest BCUT2D eigenvalue weighted by atomic mass is 9.71. The Morgan fingerprint density at radius 2 is 0.857 bits per heavy atom. The molecule has 4 N–H and O–H groups in total. The van der Waals surface area contributed by atoms with Crippen molar-refractivity contribution in [1.82, 2.24) is 0 Å². The zero-order chi connectivity index (χ0) is 25.1. The first kappa shape index (κ1) is 24.0. The molecule has 0 fully saturated rings. The molecular weight excluding hydrogens is 453 g/mol. The van der Waals surface area contributed by atoms with Crippen LogP contribution in [0.15, 0.2) is 97.1 Å². The first-order valence-corrected chi connectivity index (χ1v) is 10.9. The number of nitrogen functional groups attached to an aromatic ring is 2. The van der Waals surface area contributed by atoms with Crippen molar-refractivity contribution in [3.05, 3.63) is 108 Å². The van der Waals surface area contributed by atoms with E-state index < -0.39 is 18.0 Å². The summed E-state index contributed by atoms with van der Waals surface area (Å²) in [5, 5.41) is 0. The van der Waals surface area contributed by atoms with Crippen molar-refractivity contribution in [3.8, 4) is 23.0 Å². The molecule has 0 bridgehead atoms. The lowest BCUT2D eigenvalue weighted by Gasteiger charge is -2.37. The molecule has 7 heteroatoms. The fourth-order valence-electron chi connectivity index (χ4n) is 3.90. The monoisotopic (exact) mass is 478 g/mol. The Kier molecular flexibility index (Phi) is 6.60. The number of anilines is 2. The summed E-state index contributed by atoms with van der Waals surface area (Å²) in [7, 11) is 0. The molecule has 4 rings (SSSR count). The molecule has 4 nitrogen and oxygen atoms in total. The summed E-state index contributed by atoms with van der Waals surface area (Å²) in [5.74, 6) is -1.46. The second-order valence-electron chi connectivity index (χ2n) is 8.32. The number of hydrogen-bond acceptors (Lipinski definition) is 4. The van der Waals surface area contributed by atoms with E-state index in [1.54, 1.807) is 72.8 Å². The van der Waals surface area contributed by atoms with Gasteiger partial charge in [-0.3, -0.25) is 0 Å². The van der Waals surface area contributed by atoms with Crippen LogP contribution in [-0.4, -0.2) is 12.6 Å². The lowest BCUT2D eigenvalue weighted by molar-refractivity contribution is -0.0532. The molecule has 0 radical (unpaired) electrons. The minimum absolute atomic E-state index is 0.129. The van der Waals surface area contributed by atoms with Gasteiger partial charge in [-0.15, -0.1) is 0 Å². The Bertz CT molecular complexity index is 1160. The van der Waals surface area contributed by atoms with Crippen molar-refractivity contribution in [2.45, 2.75) is 18.3 Å². The number of nitrogens with two attached hydrogens (primary N) is 2. The van der Waals surface area contributed by atoms with E-state index in [4.69, 9.17) is 20.9 Å². The Hall–Kier alpha value is -4.13. The Morgan fingerprint density at radius 1 is 0.571 bits per heavy atom. The van der Waals surface area contributed by atoms with Gasteiger partial charge in [-0.2, -0.15) is 0 Å². The molecule has 0 aromatic heterocycles. The molecule has 4 aromatic rings. The maximum atomic E-state index is 15.1. The van der Waals surface area contributed by atoms with Crippen LogP contribution in [-0.2, 0) is 5.41 Å².